The van der Waals surface area contributed by atoms with Crippen LogP contribution in [0.25, 0.3) is 0 Å². The molecule has 6 saturated carbocycles. The predicted octanol–water partition coefficient (Wildman–Crippen LogP) is 7.91. The fourth-order valence-corrected chi connectivity index (χ4v) is 16.2. The number of nitrogens with zero attached hydrogens (tertiary/aromatic N) is 2. The average molecular weight is 1210 g/mol. The zero-order chi connectivity index (χ0) is 62.8. The van der Waals surface area contributed by atoms with Gasteiger partial charge in [-0.2, -0.15) is 0 Å². The lowest BCUT2D eigenvalue weighted by Gasteiger charge is -2.36. The number of ketones is 1. The molecule has 11 N–H and O–H groups in total. The van der Waals surface area contributed by atoms with E-state index in [2.05, 4.69) is 38.3 Å². The van der Waals surface area contributed by atoms with Gasteiger partial charge >= 0.3 is 18.2 Å². The van der Waals surface area contributed by atoms with Gasteiger partial charge < -0.3 is 62.4 Å². The molecule has 0 radical (unpaired) electrons. The van der Waals surface area contributed by atoms with E-state index in [1.165, 1.54) is 30.6 Å². The minimum atomic E-state index is -1.40. The van der Waals surface area contributed by atoms with Crippen LogP contribution in [-0.4, -0.2) is 139 Å². The molecule has 8 aliphatic rings. The van der Waals surface area contributed by atoms with Gasteiger partial charge in [-0.3, -0.25) is 24.0 Å². The van der Waals surface area contributed by atoms with Crippen molar-refractivity contribution in [2.75, 3.05) is 13.1 Å². The molecule has 8 rings (SSSR count). The Morgan fingerprint density at radius 3 is 1.20 bits per heavy atom. The normalized spacial score (nSPS) is 28.0. The minimum absolute atomic E-state index is 0. The number of aliphatic carboxylic acids is 1. The number of amides is 6. The first-order valence-corrected chi connectivity index (χ1v) is 30.9. The second kappa shape index (κ2) is 24.7. The van der Waals surface area contributed by atoms with Crippen molar-refractivity contribution in [3.8, 4) is 0 Å². The predicted molar refractivity (Wildman–Crippen MR) is 321 cm³/mol. The highest BCUT2D eigenvalue weighted by atomic mass is 35.5. The summed E-state index contributed by atoms with van der Waals surface area (Å²) >= 11 is 0. The van der Waals surface area contributed by atoms with Gasteiger partial charge in [0.25, 0.3) is 0 Å². The summed E-state index contributed by atoms with van der Waals surface area (Å²) in [7, 11) is 0. The van der Waals surface area contributed by atoms with Gasteiger partial charge in [-0.15, -0.1) is 12.4 Å². The molecule has 480 valence electrons. The van der Waals surface area contributed by atoms with Crippen LogP contribution in [0.4, 0.5) is 9.59 Å². The lowest BCUT2D eigenvalue weighted by Crippen LogP contribution is -2.57. The summed E-state index contributed by atoms with van der Waals surface area (Å²) in [6, 6.07) is -3.79. The molecule has 6 aliphatic carbocycles. The van der Waals surface area contributed by atoms with Crippen LogP contribution in [0.5, 0.6) is 0 Å². The Balaban J connectivity index is 0.000000261. The first-order valence-electron chi connectivity index (χ1n) is 30.9. The number of primary amides is 2. The van der Waals surface area contributed by atoms with E-state index in [0.29, 0.717) is 50.6 Å². The molecule has 0 bridgehead atoms. The number of fused-ring (bicyclic) bond motifs is 2. The smallest absolute Gasteiger partial charge is 0.408 e. The maximum atomic E-state index is 14.4. The molecule has 0 aromatic rings. The summed E-state index contributed by atoms with van der Waals surface area (Å²) in [5.41, 5.74) is 13.3. The molecule has 0 aromatic carbocycles. The zero-order valence-electron chi connectivity index (χ0n) is 53.7. The SMILES string of the molecule is CC(C)(C)OC(=O)N[C@H](C(=O)N1C[C@]2(C[C@H]1C(=O)CC(CC1CCC1)C(O)C(N)=O)C(C)(C)C21CCC1)C(C)(C)C.CC(C)(C)OC(=O)N[C@H](C(=O)N1C[C@]2(C[C@H]1C(=O)O)C(C)(C)C21CCC1)C(C)(C)C.Cl.NC(=O)C(O)C(N)CC1CCC1. The molecule has 84 heavy (non-hydrogen) atoms. The van der Waals surface area contributed by atoms with Gasteiger partial charge in [0.15, 0.2) is 5.78 Å². The van der Waals surface area contributed by atoms with Gasteiger partial charge in [0.2, 0.25) is 23.6 Å². The van der Waals surface area contributed by atoms with Crippen molar-refractivity contribution in [3.05, 3.63) is 0 Å². The number of likely N-dealkylation sites (tertiary alicyclic amines) is 2. The molecule has 2 saturated heterocycles. The topological polar surface area (TPSA) is 324 Å². The number of carbonyl (C=O) groups is 8. The van der Waals surface area contributed by atoms with Crippen molar-refractivity contribution in [2.45, 2.75) is 274 Å². The maximum Gasteiger partial charge on any atom is 0.408 e. The highest BCUT2D eigenvalue weighted by Crippen LogP contribution is 2.89. The summed E-state index contributed by atoms with van der Waals surface area (Å²) in [5, 5.41) is 35.3. The Bertz CT molecular complexity index is 2460. The van der Waals surface area contributed by atoms with Crippen LogP contribution in [0.1, 0.15) is 220 Å². The number of carbonyl (C=O) groups excluding carboxylic acids is 7. The molecule has 21 heteroatoms. The monoisotopic (exact) mass is 1210 g/mol. The van der Waals surface area contributed by atoms with E-state index in [1.807, 2.05) is 41.5 Å². The standard InChI is InChI=1S/C32H53N3O6.C23H38N2O5.C8H16N2O2.ClH/c1-28(2,3)24(34-27(40)41-29(4,5)6)26(39)35-18-32(30(7,8)31(32)13-10-14-31)17-21(35)22(36)16-20(23(37)25(33)38)15-19-11-9-12-19;1-19(2,3)15(24-18(29)30-20(4,5)6)16(26)25-13-23(12-14(25)17(27)28)21(7,8)22(23)10-9-11-22;9-6(7(11)8(10)12)4-5-2-1-3-5;/h19-21,23-24,37H,9-18H2,1-8H3,(H2,33,38)(H,34,40);14-15H,9-13H2,1-8H3,(H,24,29)(H,27,28);5-7,11H,1-4,9H2,(H2,10,12);1H/t20?,21-,23?,24+,32+;14-,15+,23+;;/m00../s1. The van der Waals surface area contributed by atoms with Crippen molar-refractivity contribution in [2.24, 2.45) is 78.3 Å². The molecule has 4 spiro atoms. The maximum absolute atomic E-state index is 14.4. The summed E-state index contributed by atoms with van der Waals surface area (Å²) in [4.78, 5) is 105. The number of halogens is 1. The first kappa shape index (κ1) is 70.5. The Labute approximate surface area is 506 Å². The Morgan fingerprint density at radius 2 is 0.917 bits per heavy atom. The molecule has 2 aliphatic heterocycles. The first-order chi connectivity index (χ1) is 37.9. The highest BCUT2D eigenvalue weighted by molar-refractivity contribution is 5.94. The fraction of sp³-hybridized carbons (Fsp3) is 0.873. The van der Waals surface area contributed by atoms with E-state index in [4.69, 9.17) is 31.8 Å². The molecule has 20 nitrogen and oxygen atoms in total. The average Bonchev–Trinajstić information content (AvgIpc) is 1.47. The number of nitrogens with two attached hydrogens (primary N) is 3. The Kier molecular flexibility index (Phi) is 20.7. The lowest BCUT2D eigenvalue weighted by molar-refractivity contribution is -0.150. The van der Waals surface area contributed by atoms with Crippen LogP contribution in [0, 0.1) is 61.1 Å². The molecule has 8 fully saturated rings. The number of rotatable bonds is 16. The van der Waals surface area contributed by atoms with Crippen molar-refractivity contribution in [1.82, 2.24) is 20.4 Å². The summed E-state index contributed by atoms with van der Waals surface area (Å²) in [6.45, 7) is 31.7. The van der Waals surface area contributed by atoms with E-state index in [1.54, 1.807) is 46.4 Å². The van der Waals surface area contributed by atoms with Crippen molar-refractivity contribution in [3.63, 3.8) is 0 Å². The number of carboxylic acids is 1. The van der Waals surface area contributed by atoms with Crippen LogP contribution in [0.3, 0.4) is 0 Å². The fourth-order valence-electron chi connectivity index (χ4n) is 16.2. The number of hydrogen-bond acceptors (Lipinski definition) is 13. The van der Waals surface area contributed by atoms with E-state index in [9.17, 15) is 48.6 Å². The Morgan fingerprint density at radius 1 is 0.560 bits per heavy atom. The number of aliphatic hydroxyl groups is 2. The van der Waals surface area contributed by atoms with Crippen LogP contribution < -0.4 is 27.8 Å². The number of aliphatic hydroxyl groups excluding tert-OH is 2. The van der Waals surface area contributed by atoms with Crippen molar-refractivity contribution >= 4 is 60.0 Å². The number of nitrogens with one attached hydrogen (secondary N) is 2. The van der Waals surface area contributed by atoms with Crippen LogP contribution in [-0.2, 0) is 38.2 Å². The summed E-state index contributed by atoms with van der Waals surface area (Å²) in [6.07, 6.45) is 11.9. The molecule has 0 aromatic heterocycles. The van der Waals surface area contributed by atoms with E-state index >= 15 is 0 Å². The van der Waals surface area contributed by atoms with E-state index in [-0.39, 0.29) is 68.9 Å². The molecule has 4 unspecified atom stereocenters. The summed E-state index contributed by atoms with van der Waals surface area (Å²) in [5.74, 6) is -2.87. The van der Waals surface area contributed by atoms with Gasteiger partial charge in [0.1, 0.15) is 41.5 Å². The van der Waals surface area contributed by atoms with Crippen LogP contribution >= 0.6 is 12.4 Å². The zero-order valence-corrected chi connectivity index (χ0v) is 54.5. The molecular weight excluding hydrogens is 1100 g/mol. The highest BCUT2D eigenvalue weighted by Gasteiger charge is 2.86. The van der Waals surface area contributed by atoms with Gasteiger partial charge in [-0.25, -0.2) is 14.4 Å². The van der Waals surface area contributed by atoms with Gasteiger partial charge in [-0.05, 0) is 137 Å². The number of alkyl carbamates (subject to hydrolysis) is 2. The third-order valence-corrected chi connectivity index (χ3v) is 22.0. The van der Waals surface area contributed by atoms with Gasteiger partial charge in [-0.1, -0.05) is 121 Å². The van der Waals surface area contributed by atoms with E-state index < -0.39 is 100 Å². The Hall–Kier alpha value is -4.27. The largest absolute Gasteiger partial charge is 0.480 e. The molecule has 2 heterocycles. The number of ether oxygens (including phenoxy) is 2. The van der Waals surface area contributed by atoms with Crippen LogP contribution in [0.2, 0.25) is 0 Å². The van der Waals surface area contributed by atoms with Crippen LogP contribution in [0.15, 0.2) is 0 Å². The quantitative estimate of drug-likeness (QED) is 0.0728. The third-order valence-electron chi connectivity index (χ3n) is 22.0. The van der Waals surface area contributed by atoms with Gasteiger partial charge in [0, 0.05) is 42.3 Å². The summed E-state index contributed by atoms with van der Waals surface area (Å²) < 4.78 is 10.9. The number of hydrogen-bond donors (Lipinski definition) is 8. The minimum Gasteiger partial charge on any atom is -0.480 e. The number of carboxylic acid groups (broad SMARTS) is 1. The molecule has 10 atom stereocenters. The second-order valence-electron chi connectivity index (χ2n) is 31.7. The third kappa shape index (κ3) is 13.6. The molecular formula is C63H108ClN7O13. The molecule has 6 amide bonds. The van der Waals surface area contributed by atoms with Crippen molar-refractivity contribution < 1.29 is 63.1 Å². The van der Waals surface area contributed by atoms with Gasteiger partial charge in [0.05, 0.1) is 6.04 Å². The van der Waals surface area contributed by atoms with E-state index in [0.717, 1.165) is 51.4 Å². The lowest BCUT2D eigenvalue weighted by atomic mass is 9.73. The van der Waals surface area contributed by atoms with Crippen molar-refractivity contribution in [1.29, 1.82) is 0 Å². The second-order valence-corrected chi connectivity index (χ2v) is 31.7. The number of Topliss-reactive ketones (excluding diaryl/α,β-unsaturated/α-hetero) is 1.